The Morgan fingerprint density at radius 2 is 2.08 bits per heavy atom. The number of hydrogen-bond acceptors (Lipinski definition) is 6. The zero-order valence-corrected chi connectivity index (χ0v) is 14.1. The predicted molar refractivity (Wildman–Crippen MR) is 85.5 cm³/mol. The number of rotatable bonds is 6. The fourth-order valence-corrected chi connectivity index (χ4v) is 5.48. The molecule has 1 atom stereocenters. The Morgan fingerprint density at radius 3 is 2.71 bits per heavy atom. The van der Waals surface area contributed by atoms with Crippen LogP contribution >= 0.6 is 11.8 Å². The molecule has 0 aromatic heterocycles. The third-order valence-corrected chi connectivity index (χ3v) is 6.45. The zero-order chi connectivity index (χ0) is 17.7. The standard InChI is InChI=1S/C14H15F2NO5S2/c15-9-1-2-12(11(16)5-9)17-13(18)6-22-14(19)7-23-10-3-4-24(20,21)8-10/h1-2,5,10H,3-4,6-8H2,(H,17,18)/t10-/m0/s1. The van der Waals surface area contributed by atoms with Crippen LogP contribution in [0.15, 0.2) is 18.2 Å². The highest BCUT2D eigenvalue weighted by molar-refractivity contribution is 8.02. The van der Waals surface area contributed by atoms with Crippen LogP contribution in [-0.4, -0.2) is 49.4 Å². The van der Waals surface area contributed by atoms with E-state index in [1.54, 1.807) is 0 Å². The van der Waals surface area contributed by atoms with Crippen LogP contribution in [0, 0.1) is 11.6 Å². The number of esters is 1. The lowest BCUT2D eigenvalue weighted by Gasteiger charge is -2.09. The zero-order valence-electron chi connectivity index (χ0n) is 12.5. The SMILES string of the molecule is O=C(COC(=O)CS[C@H]1CCS(=O)(=O)C1)Nc1ccc(F)cc1F. The fourth-order valence-electron chi connectivity index (χ4n) is 2.04. The smallest absolute Gasteiger partial charge is 0.316 e. The monoisotopic (exact) mass is 379 g/mol. The molecular formula is C14H15F2NO5S2. The summed E-state index contributed by atoms with van der Waals surface area (Å²) in [5.74, 6) is -3.06. The lowest BCUT2D eigenvalue weighted by molar-refractivity contribution is -0.144. The lowest BCUT2D eigenvalue weighted by Crippen LogP contribution is -2.22. The third kappa shape index (κ3) is 5.75. The average Bonchev–Trinajstić information content (AvgIpc) is 2.85. The molecule has 1 aromatic carbocycles. The van der Waals surface area contributed by atoms with E-state index in [0.29, 0.717) is 12.5 Å². The first-order valence-corrected chi connectivity index (χ1v) is 9.85. The van der Waals surface area contributed by atoms with E-state index in [1.165, 1.54) is 11.8 Å². The maximum Gasteiger partial charge on any atom is 0.316 e. The number of nitrogens with one attached hydrogen (secondary N) is 1. The molecule has 1 aliphatic rings. The van der Waals surface area contributed by atoms with Gasteiger partial charge >= 0.3 is 5.97 Å². The van der Waals surface area contributed by atoms with Crippen LogP contribution in [-0.2, 0) is 24.2 Å². The number of sulfone groups is 1. The van der Waals surface area contributed by atoms with Gasteiger partial charge in [0.2, 0.25) is 0 Å². The number of carbonyl (C=O) groups excluding carboxylic acids is 2. The maximum absolute atomic E-state index is 13.4. The molecule has 1 amide bonds. The highest BCUT2D eigenvalue weighted by Gasteiger charge is 2.28. The van der Waals surface area contributed by atoms with Crippen molar-refractivity contribution < 1.29 is 31.5 Å². The van der Waals surface area contributed by atoms with Crippen molar-refractivity contribution in [2.75, 3.05) is 29.2 Å². The molecule has 0 saturated carbocycles. The highest BCUT2D eigenvalue weighted by atomic mass is 32.2. The van der Waals surface area contributed by atoms with Crippen LogP contribution in [0.5, 0.6) is 0 Å². The average molecular weight is 379 g/mol. The van der Waals surface area contributed by atoms with Gasteiger partial charge in [-0.1, -0.05) is 0 Å². The summed E-state index contributed by atoms with van der Waals surface area (Å²) in [6, 6.07) is 2.66. The molecule has 2 rings (SSSR count). The molecule has 0 aliphatic carbocycles. The van der Waals surface area contributed by atoms with Gasteiger partial charge < -0.3 is 10.1 Å². The minimum absolute atomic E-state index is 0.0370. The highest BCUT2D eigenvalue weighted by Crippen LogP contribution is 2.24. The summed E-state index contributed by atoms with van der Waals surface area (Å²) in [5, 5.41) is 2.01. The van der Waals surface area contributed by atoms with E-state index in [0.717, 1.165) is 12.1 Å². The Bertz CT molecular complexity index is 739. The van der Waals surface area contributed by atoms with Gasteiger partial charge in [-0.2, -0.15) is 0 Å². The number of halogens is 2. The molecular weight excluding hydrogens is 364 g/mol. The van der Waals surface area contributed by atoms with Crippen molar-refractivity contribution in [1.82, 2.24) is 0 Å². The van der Waals surface area contributed by atoms with Gasteiger partial charge in [-0.3, -0.25) is 9.59 Å². The van der Waals surface area contributed by atoms with E-state index in [1.807, 2.05) is 0 Å². The van der Waals surface area contributed by atoms with E-state index in [9.17, 15) is 26.8 Å². The number of benzene rings is 1. The van der Waals surface area contributed by atoms with Crippen LogP contribution < -0.4 is 5.32 Å². The minimum Gasteiger partial charge on any atom is -0.455 e. The molecule has 0 radical (unpaired) electrons. The largest absolute Gasteiger partial charge is 0.455 e. The van der Waals surface area contributed by atoms with Crippen LogP contribution in [0.25, 0.3) is 0 Å². The van der Waals surface area contributed by atoms with E-state index < -0.39 is 40.0 Å². The fraction of sp³-hybridized carbons (Fsp3) is 0.429. The molecule has 1 heterocycles. The quantitative estimate of drug-likeness (QED) is 0.751. The van der Waals surface area contributed by atoms with Gasteiger partial charge in [0.25, 0.3) is 5.91 Å². The van der Waals surface area contributed by atoms with Crippen molar-refractivity contribution >= 4 is 39.2 Å². The van der Waals surface area contributed by atoms with Gasteiger partial charge in [-0.15, -0.1) is 11.8 Å². The second kappa shape index (κ2) is 7.93. The Kier molecular flexibility index (Phi) is 6.16. The molecule has 0 unspecified atom stereocenters. The summed E-state index contributed by atoms with van der Waals surface area (Å²) in [6.45, 7) is -0.612. The van der Waals surface area contributed by atoms with Gasteiger partial charge in [0.1, 0.15) is 11.6 Å². The second-order valence-corrected chi connectivity index (χ2v) is 8.69. The second-order valence-electron chi connectivity index (χ2n) is 5.17. The maximum atomic E-state index is 13.4. The Labute approximate surface area is 141 Å². The Balaban J connectivity index is 1.70. The number of ether oxygens (including phenoxy) is 1. The molecule has 1 N–H and O–H groups in total. The van der Waals surface area contributed by atoms with Crippen molar-refractivity contribution in [2.24, 2.45) is 0 Å². The van der Waals surface area contributed by atoms with Gasteiger partial charge in [-0.05, 0) is 18.6 Å². The molecule has 24 heavy (non-hydrogen) atoms. The first-order valence-electron chi connectivity index (χ1n) is 6.98. The molecule has 1 saturated heterocycles. The normalized spacial score (nSPS) is 19.0. The topological polar surface area (TPSA) is 89.5 Å². The van der Waals surface area contributed by atoms with Crippen LogP contribution in [0.2, 0.25) is 0 Å². The Hall–Kier alpha value is -1.68. The molecule has 6 nitrogen and oxygen atoms in total. The van der Waals surface area contributed by atoms with Crippen molar-refractivity contribution in [3.8, 4) is 0 Å². The summed E-state index contributed by atoms with van der Waals surface area (Å²) in [7, 11) is -3.01. The van der Waals surface area contributed by atoms with Crippen molar-refractivity contribution in [2.45, 2.75) is 11.7 Å². The van der Waals surface area contributed by atoms with E-state index >= 15 is 0 Å². The molecule has 10 heteroatoms. The molecule has 1 aliphatic heterocycles. The van der Waals surface area contributed by atoms with Crippen LogP contribution in [0.3, 0.4) is 0 Å². The van der Waals surface area contributed by atoms with Gasteiger partial charge in [0.15, 0.2) is 16.4 Å². The summed E-state index contributed by atoms with van der Waals surface area (Å²) in [5.41, 5.74) is -0.219. The Morgan fingerprint density at radius 1 is 1.33 bits per heavy atom. The van der Waals surface area contributed by atoms with Gasteiger partial charge in [0, 0.05) is 11.3 Å². The number of thioether (sulfide) groups is 1. The minimum atomic E-state index is -3.01. The molecule has 132 valence electrons. The molecule has 0 bridgehead atoms. The molecule has 1 fully saturated rings. The van der Waals surface area contributed by atoms with Crippen molar-refractivity contribution in [1.29, 1.82) is 0 Å². The number of hydrogen-bond donors (Lipinski definition) is 1. The van der Waals surface area contributed by atoms with Crippen LogP contribution in [0.4, 0.5) is 14.5 Å². The predicted octanol–water partition coefficient (Wildman–Crippen LogP) is 1.37. The van der Waals surface area contributed by atoms with Crippen molar-refractivity contribution in [3.63, 3.8) is 0 Å². The first-order chi connectivity index (χ1) is 11.2. The van der Waals surface area contributed by atoms with E-state index in [4.69, 9.17) is 4.74 Å². The van der Waals surface area contributed by atoms with Crippen LogP contribution in [0.1, 0.15) is 6.42 Å². The lowest BCUT2D eigenvalue weighted by atomic mass is 10.3. The van der Waals surface area contributed by atoms with E-state index in [2.05, 4.69) is 5.32 Å². The summed E-state index contributed by atoms with van der Waals surface area (Å²) in [6.07, 6.45) is 0.491. The van der Waals surface area contributed by atoms with E-state index in [-0.39, 0.29) is 28.2 Å². The van der Waals surface area contributed by atoms with Crippen molar-refractivity contribution in [3.05, 3.63) is 29.8 Å². The molecule has 1 aromatic rings. The third-order valence-electron chi connectivity index (χ3n) is 3.20. The first kappa shape index (κ1) is 18.7. The van der Waals surface area contributed by atoms with Gasteiger partial charge in [-0.25, -0.2) is 17.2 Å². The summed E-state index contributed by atoms with van der Waals surface area (Å²) in [4.78, 5) is 23.1. The van der Waals surface area contributed by atoms with Gasteiger partial charge in [0.05, 0.1) is 22.9 Å². The molecule has 0 spiro atoms. The number of carbonyl (C=O) groups is 2. The number of anilines is 1. The number of amides is 1. The summed E-state index contributed by atoms with van der Waals surface area (Å²) >= 11 is 1.17. The summed E-state index contributed by atoms with van der Waals surface area (Å²) < 4.78 is 53.4.